The Labute approximate surface area is 195 Å². The maximum absolute atomic E-state index is 6.54. The average Bonchev–Trinajstić information content (AvgIpc) is 3.21. The Balaban J connectivity index is 0.00000119. The van der Waals surface area contributed by atoms with Crippen molar-refractivity contribution in [3.05, 3.63) is 137 Å². The number of pyridine rings is 1. The maximum Gasteiger partial charge on any atom is 0.138 e. The van der Waals surface area contributed by atoms with Gasteiger partial charge in [0.15, 0.2) is 0 Å². The van der Waals surface area contributed by atoms with Crippen LogP contribution in [0.4, 0.5) is 0 Å². The van der Waals surface area contributed by atoms with Crippen LogP contribution in [0.2, 0.25) is 5.15 Å². The van der Waals surface area contributed by atoms with Crippen LogP contribution in [0, 0.1) is 6.92 Å². The molecular formula is C29H27ClN2. The molecule has 0 radical (unpaired) electrons. The molecule has 0 aliphatic heterocycles. The summed E-state index contributed by atoms with van der Waals surface area (Å²) in [5, 5.41) is 1.53. The lowest BCUT2D eigenvalue weighted by atomic mass is 9.76. The van der Waals surface area contributed by atoms with E-state index in [1.165, 1.54) is 16.7 Å². The van der Waals surface area contributed by atoms with Gasteiger partial charge in [-0.05, 0) is 35.2 Å². The SMILES string of the molecule is CC.Cc1cn(C(c2ccccc2)(c2ccccc2)c2ccccc2)c2ccnc(Cl)c12. The van der Waals surface area contributed by atoms with Gasteiger partial charge in [0, 0.05) is 17.8 Å². The van der Waals surface area contributed by atoms with Gasteiger partial charge in [-0.15, -0.1) is 0 Å². The third-order valence-electron chi connectivity index (χ3n) is 5.80. The summed E-state index contributed by atoms with van der Waals surface area (Å²) in [7, 11) is 0. The molecule has 0 fully saturated rings. The van der Waals surface area contributed by atoms with E-state index in [9.17, 15) is 0 Å². The summed E-state index contributed by atoms with van der Waals surface area (Å²) in [5.74, 6) is 0. The molecule has 5 rings (SSSR count). The molecular weight excluding hydrogens is 412 g/mol. The highest BCUT2D eigenvalue weighted by Gasteiger charge is 2.39. The highest BCUT2D eigenvalue weighted by molar-refractivity contribution is 6.34. The van der Waals surface area contributed by atoms with Crippen molar-refractivity contribution in [1.82, 2.24) is 9.55 Å². The maximum atomic E-state index is 6.54. The van der Waals surface area contributed by atoms with Crippen LogP contribution in [-0.2, 0) is 5.54 Å². The summed E-state index contributed by atoms with van der Waals surface area (Å²) in [6.45, 7) is 6.10. The standard InChI is InChI=1S/C27H21ClN2.C2H6/c1-20-19-30(24-17-18-29-26(28)25(20)24)27(21-11-5-2-6-12-21,22-13-7-3-8-14-22)23-15-9-4-10-16-23;1-2/h2-19H,1H3;1-2H3. The number of aryl methyl sites for hydroxylation is 1. The minimum absolute atomic E-state index is 0.534. The number of benzene rings is 3. The van der Waals surface area contributed by atoms with Gasteiger partial charge in [0.1, 0.15) is 10.7 Å². The van der Waals surface area contributed by atoms with Gasteiger partial charge < -0.3 is 4.57 Å². The van der Waals surface area contributed by atoms with Gasteiger partial charge in [0.25, 0.3) is 0 Å². The lowest BCUT2D eigenvalue weighted by molar-refractivity contribution is 0.533. The second kappa shape index (κ2) is 9.42. The summed E-state index contributed by atoms with van der Waals surface area (Å²) >= 11 is 6.54. The number of rotatable bonds is 4. The van der Waals surface area contributed by atoms with Crippen LogP contribution >= 0.6 is 11.6 Å². The highest BCUT2D eigenvalue weighted by atomic mass is 35.5. The van der Waals surface area contributed by atoms with Crippen molar-refractivity contribution in [1.29, 1.82) is 0 Å². The Hall–Kier alpha value is -3.36. The normalized spacial score (nSPS) is 11.1. The van der Waals surface area contributed by atoms with E-state index >= 15 is 0 Å². The largest absolute Gasteiger partial charge is 0.329 e. The lowest BCUT2D eigenvalue weighted by Gasteiger charge is -2.38. The predicted molar refractivity (Wildman–Crippen MR) is 135 cm³/mol. The van der Waals surface area contributed by atoms with Crippen LogP contribution in [-0.4, -0.2) is 9.55 Å². The van der Waals surface area contributed by atoms with Gasteiger partial charge in [-0.3, -0.25) is 0 Å². The molecule has 160 valence electrons. The molecule has 2 heterocycles. The number of nitrogens with zero attached hydrogens (tertiary/aromatic N) is 2. The molecule has 32 heavy (non-hydrogen) atoms. The van der Waals surface area contributed by atoms with Crippen molar-refractivity contribution < 1.29 is 0 Å². The fraction of sp³-hybridized carbons (Fsp3) is 0.138. The molecule has 2 nitrogen and oxygen atoms in total. The van der Waals surface area contributed by atoms with Crippen molar-refractivity contribution in [2.75, 3.05) is 0 Å². The van der Waals surface area contributed by atoms with E-state index in [-0.39, 0.29) is 0 Å². The molecule has 0 atom stereocenters. The Morgan fingerprint density at radius 3 is 1.56 bits per heavy atom. The Morgan fingerprint density at radius 1 is 0.688 bits per heavy atom. The molecule has 0 N–H and O–H groups in total. The summed E-state index contributed by atoms with van der Waals surface area (Å²) in [6, 6.07) is 34.0. The number of aromatic nitrogens is 2. The lowest BCUT2D eigenvalue weighted by Crippen LogP contribution is -2.37. The molecule has 0 aliphatic carbocycles. The topological polar surface area (TPSA) is 17.8 Å². The summed E-state index contributed by atoms with van der Waals surface area (Å²) in [4.78, 5) is 4.33. The molecule has 0 saturated heterocycles. The molecule has 5 aromatic rings. The fourth-order valence-electron chi connectivity index (χ4n) is 4.55. The smallest absolute Gasteiger partial charge is 0.138 e. The van der Waals surface area contributed by atoms with Crippen LogP contribution in [0.1, 0.15) is 36.1 Å². The van der Waals surface area contributed by atoms with Crippen molar-refractivity contribution in [3.8, 4) is 0 Å². The molecule has 0 bridgehead atoms. The number of halogens is 1. The van der Waals surface area contributed by atoms with Gasteiger partial charge in [-0.2, -0.15) is 0 Å². The van der Waals surface area contributed by atoms with Gasteiger partial charge in [0.2, 0.25) is 0 Å². The van der Waals surface area contributed by atoms with Crippen LogP contribution in [0.15, 0.2) is 109 Å². The molecule has 0 aliphatic rings. The molecule has 3 heteroatoms. The van der Waals surface area contributed by atoms with E-state index in [1.807, 2.05) is 13.8 Å². The van der Waals surface area contributed by atoms with Gasteiger partial charge >= 0.3 is 0 Å². The molecule has 3 aromatic carbocycles. The van der Waals surface area contributed by atoms with E-state index in [4.69, 9.17) is 11.6 Å². The average molecular weight is 439 g/mol. The first kappa shape index (κ1) is 21.9. The molecule has 2 aromatic heterocycles. The quantitative estimate of drug-likeness (QED) is 0.206. The number of fused-ring (bicyclic) bond motifs is 1. The summed E-state index contributed by atoms with van der Waals surface area (Å²) in [5.41, 5.74) is 5.17. The van der Waals surface area contributed by atoms with Crippen molar-refractivity contribution in [3.63, 3.8) is 0 Å². The fourth-order valence-corrected chi connectivity index (χ4v) is 4.86. The predicted octanol–water partition coefficient (Wildman–Crippen LogP) is 7.86. The second-order valence-corrected chi connectivity index (χ2v) is 7.84. The Kier molecular flexibility index (Phi) is 6.43. The minimum Gasteiger partial charge on any atom is -0.329 e. The van der Waals surface area contributed by atoms with E-state index < -0.39 is 5.54 Å². The number of hydrogen-bond donors (Lipinski definition) is 0. The Morgan fingerprint density at radius 2 is 1.12 bits per heavy atom. The molecule has 0 amide bonds. The van der Waals surface area contributed by atoms with Crippen molar-refractivity contribution in [2.24, 2.45) is 0 Å². The number of hydrogen-bond acceptors (Lipinski definition) is 1. The van der Waals surface area contributed by atoms with Gasteiger partial charge in [0.05, 0.1) is 5.52 Å². The van der Waals surface area contributed by atoms with Crippen LogP contribution < -0.4 is 0 Å². The van der Waals surface area contributed by atoms with Crippen molar-refractivity contribution in [2.45, 2.75) is 26.3 Å². The minimum atomic E-state index is -0.555. The highest BCUT2D eigenvalue weighted by Crippen LogP contribution is 2.44. The first-order valence-corrected chi connectivity index (χ1v) is 11.4. The molecule has 0 unspecified atom stereocenters. The zero-order valence-corrected chi connectivity index (χ0v) is 19.4. The van der Waals surface area contributed by atoms with E-state index in [1.54, 1.807) is 6.20 Å². The van der Waals surface area contributed by atoms with Crippen LogP contribution in [0.5, 0.6) is 0 Å². The molecule has 0 spiro atoms. The van der Waals surface area contributed by atoms with Crippen LogP contribution in [0.3, 0.4) is 0 Å². The van der Waals surface area contributed by atoms with E-state index in [2.05, 4.69) is 120 Å². The zero-order valence-electron chi connectivity index (χ0n) is 18.7. The molecule has 0 saturated carbocycles. The van der Waals surface area contributed by atoms with Gasteiger partial charge in [-0.25, -0.2) is 4.98 Å². The van der Waals surface area contributed by atoms with E-state index in [0.29, 0.717) is 5.15 Å². The van der Waals surface area contributed by atoms with Crippen LogP contribution in [0.25, 0.3) is 10.9 Å². The monoisotopic (exact) mass is 438 g/mol. The first-order valence-electron chi connectivity index (χ1n) is 11.0. The second-order valence-electron chi connectivity index (χ2n) is 7.49. The first-order chi connectivity index (χ1) is 15.7. The summed E-state index contributed by atoms with van der Waals surface area (Å²) in [6.07, 6.45) is 3.98. The Bertz CT molecular complexity index is 1200. The van der Waals surface area contributed by atoms with Gasteiger partial charge in [-0.1, -0.05) is 116 Å². The third-order valence-corrected chi connectivity index (χ3v) is 6.08. The van der Waals surface area contributed by atoms with E-state index in [0.717, 1.165) is 16.5 Å². The zero-order chi connectivity index (χ0) is 22.6. The summed E-state index contributed by atoms with van der Waals surface area (Å²) < 4.78 is 2.35. The van der Waals surface area contributed by atoms with Crippen molar-refractivity contribution >= 4 is 22.5 Å². The third kappa shape index (κ3) is 3.51.